The maximum Gasteiger partial charge on any atom is 0.238 e. The molecule has 20 heavy (non-hydrogen) atoms. The van der Waals surface area contributed by atoms with E-state index in [1.165, 1.54) is 19.2 Å². The highest BCUT2D eigenvalue weighted by Crippen LogP contribution is 2.14. The molecule has 8 heteroatoms. The van der Waals surface area contributed by atoms with Crippen molar-refractivity contribution in [3.63, 3.8) is 0 Å². The first-order valence-electron chi connectivity index (χ1n) is 5.71. The van der Waals surface area contributed by atoms with Gasteiger partial charge in [-0.3, -0.25) is 0 Å². The second-order valence-corrected chi connectivity index (χ2v) is 5.59. The van der Waals surface area contributed by atoms with Gasteiger partial charge in [-0.1, -0.05) is 12.1 Å². The maximum atomic E-state index is 11.1. The lowest BCUT2D eigenvalue weighted by atomic mass is 10.2. The Bertz CT molecular complexity index is 686. The monoisotopic (exact) mass is 294 g/mol. The zero-order chi connectivity index (χ0) is 14.6. The van der Waals surface area contributed by atoms with Crippen LogP contribution in [0.4, 0.5) is 5.69 Å². The van der Waals surface area contributed by atoms with Crippen LogP contribution in [-0.2, 0) is 16.6 Å². The van der Waals surface area contributed by atoms with Gasteiger partial charge in [-0.15, -0.1) is 5.10 Å². The molecule has 0 radical (unpaired) electrons. The second-order valence-electron chi connectivity index (χ2n) is 4.03. The van der Waals surface area contributed by atoms with Crippen molar-refractivity contribution < 1.29 is 13.2 Å². The van der Waals surface area contributed by atoms with Crippen molar-refractivity contribution in [1.82, 2.24) is 10.2 Å². The van der Waals surface area contributed by atoms with E-state index < -0.39 is 10.0 Å². The van der Waals surface area contributed by atoms with Gasteiger partial charge in [0.1, 0.15) is 0 Å². The van der Waals surface area contributed by atoms with E-state index in [9.17, 15) is 8.42 Å². The number of ether oxygens (including phenoxy) is 1. The molecule has 0 fully saturated rings. The Kier molecular flexibility index (Phi) is 4.16. The number of rotatable bonds is 5. The van der Waals surface area contributed by atoms with Gasteiger partial charge in [-0.2, -0.15) is 5.10 Å². The number of nitrogens with two attached hydrogens (primary N) is 1. The average molecular weight is 294 g/mol. The van der Waals surface area contributed by atoms with Crippen molar-refractivity contribution in [3.8, 4) is 5.88 Å². The van der Waals surface area contributed by atoms with Gasteiger partial charge in [0.15, 0.2) is 0 Å². The molecule has 0 spiro atoms. The molecule has 0 bridgehead atoms. The first-order valence-corrected chi connectivity index (χ1v) is 7.26. The molecule has 2 aromatic rings. The fraction of sp³-hybridized carbons (Fsp3) is 0.167. The quantitative estimate of drug-likeness (QED) is 0.842. The van der Waals surface area contributed by atoms with Crippen LogP contribution in [0.1, 0.15) is 5.56 Å². The topological polar surface area (TPSA) is 107 Å². The molecule has 1 heterocycles. The van der Waals surface area contributed by atoms with Crippen molar-refractivity contribution in [3.05, 3.63) is 42.1 Å². The van der Waals surface area contributed by atoms with Gasteiger partial charge in [0.25, 0.3) is 0 Å². The van der Waals surface area contributed by atoms with Crippen molar-refractivity contribution >= 4 is 15.7 Å². The Morgan fingerprint density at radius 1 is 1.30 bits per heavy atom. The summed E-state index contributed by atoms with van der Waals surface area (Å²) in [7, 11) is -2.14. The van der Waals surface area contributed by atoms with Crippen LogP contribution in [0.15, 0.2) is 41.4 Å². The summed E-state index contributed by atoms with van der Waals surface area (Å²) in [6.07, 6.45) is 1.57. The normalized spacial score (nSPS) is 11.1. The Hall–Kier alpha value is -2.19. The summed E-state index contributed by atoms with van der Waals surface area (Å²) in [5, 5.41) is 15.7. The number of hydrogen-bond donors (Lipinski definition) is 2. The number of anilines is 1. The number of hydrogen-bond acceptors (Lipinski definition) is 6. The third kappa shape index (κ3) is 3.65. The molecular weight excluding hydrogens is 280 g/mol. The number of primary sulfonamides is 1. The molecule has 1 aromatic heterocycles. The zero-order valence-electron chi connectivity index (χ0n) is 10.8. The number of benzene rings is 1. The van der Waals surface area contributed by atoms with E-state index >= 15 is 0 Å². The van der Waals surface area contributed by atoms with Gasteiger partial charge in [-0.25, -0.2) is 13.6 Å². The van der Waals surface area contributed by atoms with Crippen LogP contribution in [0.2, 0.25) is 0 Å². The number of methoxy groups -OCH3 is 1. The fourth-order valence-corrected chi connectivity index (χ4v) is 2.06. The summed E-state index contributed by atoms with van der Waals surface area (Å²) < 4.78 is 27.2. The highest BCUT2D eigenvalue weighted by atomic mass is 32.2. The number of nitrogens with zero attached hydrogens (tertiary/aromatic N) is 2. The first kappa shape index (κ1) is 14.2. The predicted molar refractivity (Wildman–Crippen MR) is 73.7 cm³/mol. The smallest absolute Gasteiger partial charge is 0.238 e. The van der Waals surface area contributed by atoms with Gasteiger partial charge in [0, 0.05) is 12.6 Å². The van der Waals surface area contributed by atoms with E-state index in [0.29, 0.717) is 12.4 Å². The predicted octanol–water partition coefficient (Wildman–Crippen LogP) is 0.745. The van der Waals surface area contributed by atoms with Crippen molar-refractivity contribution in [2.24, 2.45) is 5.14 Å². The lowest BCUT2D eigenvalue weighted by Gasteiger charge is -2.07. The molecule has 0 saturated carbocycles. The van der Waals surface area contributed by atoms with Crippen LogP contribution in [0.25, 0.3) is 0 Å². The SMILES string of the molecule is COc1cc(NCc2ccc(S(N)(=O)=O)cc2)cnn1. The molecule has 0 amide bonds. The maximum absolute atomic E-state index is 11.1. The van der Waals surface area contributed by atoms with Gasteiger partial charge < -0.3 is 10.1 Å². The molecule has 106 valence electrons. The number of nitrogens with one attached hydrogen (secondary N) is 1. The zero-order valence-corrected chi connectivity index (χ0v) is 11.6. The highest BCUT2D eigenvalue weighted by Gasteiger charge is 2.06. The van der Waals surface area contributed by atoms with E-state index in [1.807, 2.05) is 0 Å². The summed E-state index contributed by atoms with van der Waals surface area (Å²) in [6, 6.07) is 8.04. The molecular formula is C12H14N4O3S. The van der Waals surface area contributed by atoms with Gasteiger partial charge >= 0.3 is 0 Å². The minimum atomic E-state index is -3.65. The van der Waals surface area contributed by atoms with Crippen LogP contribution in [0, 0.1) is 0 Å². The average Bonchev–Trinajstić information content (AvgIpc) is 2.45. The van der Waals surface area contributed by atoms with Crippen LogP contribution < -0.4 is 15.2 Å². The molecule has 1 aromatic carbocycles. The van der Waals surface area contributed by atoms with E-state index in [2.05, 4.69) is 15.5 Å². The Morgan fingerprint density at radius 3 is 2.60 bits per heavy atom. The van der Waals surface area contributed by atoms with Crippen LogP contribution in [0.3, 0.4) is 0 Å². The lowest BCUT2D eigenvalue weighted by molar-refractivity contribution is 0.392. The third-order valence-electron chi connectivity index (χ3n) is 2.59. The molecule has 0 aliphatic carbocycles. The fourth-order valence-electron chi connectivity index (χ4n) is 1.54. The van der Waals surface area contributed by atoms with E-state index in [0.717, 1.165) is 11.3 Å². The summed E-state index contributed by atoms with van der Waals surface area (Å²) in [4.78, 5) is 0.0912. The third-order valence-corrected chi connectivity index (χ3v) is 3.52. The molecule has 0 saturated heterocycles. The van der Waals surface area contributed by atoms with Gasteiger partial charge in [0.05, 0.1) is 23.9 Å². The van der Waals surface area contributed by atoms with Crippen molar-refractivity contribution in [2.45, 2.75) is 11.4 Å². The Balaban J connectivity index is 2.04. The van der Waals surface area contributed by atoms with Crippen molar-refractivity contribution in [1.29, 1.82) is 0 Å². The van der Waals surface area contributed by atoms with E-state index in [1.54, 1.807) is 24.4 Å². The molecule has 2 rings (SSSR count). The van der Waals surface area contributed by atoms with Crippen LogP contribution >= 0.6 is 0 Å². The summed E-state index contributed by atoms with van der Waals surface area (Å²) >= 11 is 0. The van der Waals surface area contributed by atoms with Gasteiger partial charge in [-0.05, 0) is 17.7 Å². The second kappa shape index (κ2) is 5.85. The summed E-state index contributed by atoms with van der Waals surface area (Å²) in [6.45, 7) is 0.514. The summed E-state index contributed by atoms with van der Waals surface area (Å²) in [5.41, 5.74) is 1.67. The largest absolute Gasteiger partial charge is 0.480 e. The highest BCUT2D eigenvalue weighted by molar-refractivity contribution is 7.89. The molecule has 0 atom stereocenters. The standard InChI is InChI=1S/C12H14N4O3S/c1-19-12-6-10(8-15-16-12)14-7-9-2-4-11(5-3-9)20(13,17)18/h2-6,8H,7H2,1H3,(H,14,16)(H2,13,17,18). The van der Waals surface area contributed by atoms with E-state index in [4.69, 9.17) is 9.88 Å². The minimum absolute atomic E-state index is 0.0912. The molecule has 3 N–H and O–H groups in total. The lowest BCUT2D eigenvalue weighted by Crippen LogP contribution is -2.12. The first-order chi connectivity index (χ1) is 9.49. The molecule has 7 nitrogen and oxygen atoms in total. The molecule has 0 unspecified atom stereocenters. The van der Waals surface area contributed by atoms with Crippen molar-refractivity contribution in [2.75, 3.05) is 12.4 Å². The van der Waals surface area contributed by atoms with Crippen LogP contribution in [-0.4, -0.2) is 25.7 Å². The minimum Gasteiger partial charge on any atom is -0.480 e. The number of aromatic nitrogens is 2. The van der Waals surface area contributed by atoms with Crippen LogP contribution in [0.5, 0.6) is 5.88 Å². The molecule has 0 aliphatic heterocycles. The Morgan fingerprint density at radius 2 is 2.00 bits per heavy atom. The summed E-state index contributed by atoms with van der Waals surface area (Å²) in [5.74, 6) is 0.416. The number of sulfonamides is 1. The van der Waals surface area contributed by atoms with Gasteiger partial charge in [0.2, 0.25) is 15.9 Å². The van der Waals surface area contributed by atoms with E-state index in [-0.39, 0.29) is 4.90 Å². The molecule has 0 aliphatic rings. The Labute approximate surface area is 116 Å².